The molecule has 0 aliphatic rings. The van der Waals surface area contributed by atoms with Crippen molar-refractivity contribution >= 4 is 12.1 Å². The van der Waals surface area contributed by atoms with Gasteiger partial charge in [-0.1, -0.05) is 0 Å². The topological polar surface area (TPSA) is 96.4 Å². The zero-order valence-corrected chi connectivity index (χ0v) is 11.2. The number of rotatable bonds is 4. The SMILES string of the molecule is Cc1ccc(/C=N\NC(=O)c2cc(-c3ccco3)[nH]n2)o1. The Labute approximate surface area is 119 Å². The van der Waals surface area contributed by atoms with Crippen LogP contribution in [0.15, 0.2) is 50.5 Å². The molecule has 7 heteroatoms. The molecule has 0 bridgehead atoms. The number of amides is 1. The van der Waals surface area contributed by atoms with Crippen molar-refractivity contribution in [1.29, 1.82) is 0 Å². The van der Waals surface area contributed by atoms with Gasteiger partial charge < -0.3 is 8.83 Å². The van der Waals surface area contributed by atoms with E-state index in [0.29, 0.717) is 17.2 Å². The number of furan rings is 2. The number of nitrogens with zero attached hydrogens (tertiary/aromatic N) is 2. The third kappa shape index (κ3) is 2.92. The van der Waals surface area contributed by atoms with E-state index in [-0.39, 0.29) is 5.69 Å². The highest BCUT2D eigenvalue weighted by Crippen LogP contribution is 2.17. The van der Waals surface area contributed by atoms with Gasteiger partial charge in [0.1, 0.15) is 17.2 Å². The Morgan fingerprint density at radius 2 is 2.33 bits per heavy atom. The Bertz CT molecular complexity index is 768. The lowest BCUT2D eigenvalue weighted by atomic mass is 10.3. The average Bonchev–Trinajstić information content (AvgIpc) is 3.19. The number of nitrogens with one attached hydrogen (secondary N) is 2. The van der Waals surface area contributed by atoms with E-state index in [0.717, 1.165) is 5.76 Å². The highest BCUT2D eigenvalue weighted by Gasteiger charge is 2.11. The quantitative estimate of drug-likeness (QED) is 0.567. The van der Waals surface area contributed by atoms with Gasteiger partial charge in [-0.2, -0.15) is 10.2 Å². The molecular formula is C14H12N4O3. The molecule has 0 spiro atoms. The molecule has 0 atom stereocenters. The molecule has 0 aliphatic heterocycles. The summed E-state index contributed by atoms with van der Waals surface area (Å²) in [6.07, 6.45) is 2.97. The minimum absolute atomic E-state index is 0.217. The molecule has 21 heavy (non-hydrogen) atoms. The van der Waals surface area contributed by atoms with E-state index >= 15 is 0 Å². The number of aryl methyl sites for hydroxylation is 1. The first-order valence-corrected chi connectivity index (χ1v) is 6.21. The summed E-state index contributed by atoms with van der Waals surface area (Å²) >= 11 is 0. The summed E-state index contributed by atoms with van der Waals surface area (Å²) in [6.45, 7) is 1.83. The predicted molar refractivity (Wildman–Crippen MR) is 74.8 cm³/mol. The van der Waals surface area contributed by atoms with E-state index < -0.39 is 5.91 Å². The first-order chi connectivity index (χ1) is 10.2. The third-order valence-corrected chi connectivity index (χ3v) is 2.72. The summed E-state index contributed by atoms with van der Waals surface area (Å²) < 4.78 is 10.5. The van der Waals surface area contributed by atoms with Gasteiger partial charge in [0.25, 0.3) is 5.91 Å². The molecule has 0 saturated carbocycles. The third-order valence-electron chi connectivity index (χ3n) is 2.72. The molecule has 3 aromatic rings. The van der Waals surface area contributed by atoms with Gasteiger partial charge in [0.05, 0.1) is 12.5 Å². The Balaban J connectivity index is 1.64. The number of hydrogen-bond donors (Lipinski definition) is 2. The van der Waals surface area contributed by atoms with Gasteiger partial charge in [-0.05, 0) is 31.2 Å². The molecule has 0 aromatic carbocycles. The lowest BCUT2D eigenvalue weighted by molar-refractivity contribution is 0.0950. The monoisotopic (exact) mass is 284 g/mol. The van der Waals surface area contributed by atoms with Crippen molar-refractivity contribution < 1.29 is 13.6 Å². The molecule has 3 aromatic heterocycles. The van der Waals surface area contributed by atoms with Crippen molar-refractivity contribution in [1.82, 2.24) is 15.6 Å². The predicted octanol–water partition coefficient (Wildman–Crippen LogP) is 2.34. The van der Waals surface area contributed by atoms with Crippen LogP contribution in [-0.4, -0.2) is 22.3 Å². The van der Waals surface area contributed by atoms with Crippen LogP contribution in [0.25, 0.3) is 11.5 Å². The Morgan fingerprint density at radius 1 is 1.43 bits per heavy atom. The van der Waals surface area contributed by atoms with Crippen LogP contribution in [0.3, 0.4) is 0 Å². The standard InChI is InChI=1S/C14H12N4O3/c1-9-4-5-10(21-9)8-15-18-14(19)12-7-11(16-17-12)13-3-2-6-20-13/h2-8H,1H3,(H,16,17)(H,18,19)/b15-8-. The highest BCUT2D eigenvalue weighted by molar-refractivity contribution is 5.93. The fourth-order valence-corrected chi connectivity index (χ4v) is 1.73. The molecule has 0 fully saturated rings. The van der Waals surface area contributed by atoms with Crippen LogP contribution >= 0.6 is 0 Å². The molecule has 3 heterocycles. The van der Waals surface area contributed by atoms with Crippen LogP contribution in [0.2, 0.25) is 0 Å². The zero-order valence-electron chi connectivity index (χ0n) is 11.2. The van der Waals surface area contributed by atoms with E-state index in [1.807, 2.05) is 13.0 Å². The van der Waals surface area contributed by atoms with E-state index in [4.69, 9.17) is 8.83 Å². The second kappa shape index (κ2) is 5.49. The minimum Gasteiger partial charge on any atom is -0.463 e. The smallest absolute Gasteiger partial charge is 0.291 e. The first-order valence-electron chi connectivity index (χ1n) is 6.21. The number of aromatic nitrogens is 2. The van der Waals surface area contributed by atoms with Crippen molar-refractivity contribution in [3.05, 3.63) is 53.8 Å². The maximum Gasteiger partial charge on any atom is 0.291 e. The lowest BCUT2D eigenvalue weighted by Crippen LogP contribution is -2.17. The fraction of sp³-hybridized carbons (Fsp3) is 0.0714. The molecule has 0 aliphatic carbocycles. The van der Waals surface area contributed by atoms with Gasteiger partial charge in [-0.3, -0.25) is 9.89 Å². The van der Waals surface area contributed by atoms with Crippen molar-refractivity contribution in [2.24, 2.45) is 5.10 Å². The second-order valence-corrected chi connectivity index (χ2v) is 4.29. The van der Waals surface area contributed by atoms with Gasteiger partial charge in [0.2, 0.25) is 0 Å². The normalized spacial score (nSPS) is 11.1. The van der Waals surface area contributed by atoms with Crippen LogP contribution in [-0.2, 0) is 0 Å². The van der Waals surface area contributed by atoms with Crippen molar-refractivity contribution in [2.75, 3.05) is 0 Å². The molecule has 7 nitrogen and oxygen atoms in total. The summed E-state index contributed by atoms with van der Waals surface area (Å²) in [6, 6.07) is 8.68. The van der Waals surface area contributed by atoms with E-state index in [1.54, 1.807) is 30.5 Å². The van der Waals surface area contributed by atoms with Crippen molar-refractivity contribution in [3.8, 4) is 11.5 Å². The maximum absolute atomic E-state index is 11.9. The van der Waals surface area contributed by atoms with E-state index in [9.17, 15) is 4.79 Å². The van der Waals surface area contributed by atoms with Crippen LogP contribution in [0, 0.1) is 6.92 Å². The summed E-state index contributed by atoms with van der Waals surface area (Å²) in [5.41, 5.74) is 3.21. The molecule has 3 rings (SSSR count). The van der Waals surface area contributed by atoms with Gasteiger partial charge >= 0.3 is 0 Å². The summed E-state index contributed by atoms with van der Waals surface area (Å²) in [5.74, 6) is 1.52. The lowest BCUT2D eigenvalue weighted by Gasteiger charge is -1.93. The molecule has 2 N–H and O–H groups in total. The average molecular weight is 284 g/mol. The van der Waals surface area contributed by atoms with Crippen molar-refractivity contribution in [2.45, 2.75) is 6.92 Å². The van der Waals surface area contributed by atoms with E-state index in [1.165, 1.54) is 6.21 Å². The highest BCUT2D eigenvalue weighted by atomic mass is 16.3. The minimum atomic E-state index is -0.427. The zero-order chi connectivity index (χ0) is 14.7. The Kier molecular flexibility index (Phi) is 3.38. The van der Waals surface area contributed by atoms with Crippen LogP contribution in [0.4, 0.5) is 0 Å². The molecular weight excluding hydrogens is 272 g/mol. The number of hydrogen-bond acceptors (Lipinski definition) is 5. The van der Waals surface area contributed by atoms with Crippen LogP contribution in [0.1, 0.15) is 22.0 Å². The van der Waals surface area contributed by atoms with E-state index in [2.05, 4.69) is 20.7 Å². The molecule has 1 amide bonds. The second-order valence-electron chi connectivity index (χ2n) is 4.29. The van der Waals surface area contributed by atoms with Crippen molar-refractivity contribution in [3.63, 3.8) is 0 Å². The van der Waals surface area contributed by atoms with Crippen LogP contribution in [0.5, 0.6) is 0 Å². The first kappa shape index (κ1) is 12.9. The number of H-pyrrole nitrogens is 1. The summed E-state index contributed by atoms with van der Waals surface area (Å²) in [4.78, 5) is 11.9. The summed E-state index contributed by atoms with van der Waals surface area (Å²) in [7, 11) is 0. The Morgan fingerprint density at radius 3 is 3.05 bits per heavy atom. The van der Waals surface area contributed by atoms with Crippen LogP contribution < -0.4 is 5.43 Å². The molecule has 106 valence electrons. The summed E-state index contributed by atoms with van der Waals surface area (Å²) in [5, 5.41) is 10.4. The van der Waals surface area contributed by atoms with Gasteiger partial charge in [0, 0.05) is 6.07 Å². The fourth-order valence-electron chi connectivity index (χ4n) is 1.73. The molecule has 0 radical (unpaired) electrons. The molecule has 0 unspecified atom stereocenters. The largest absolute Gasteiger partial charge is 0.463 e. The number of carbonyl (C=O) groups is 1. The number of carbonyl (C=O) groups excluding carboxylic acids is 1. The number of hydrazone groups is 1. The van der Waals surface area contributed by atoms with Gasteiger partial charge in [-0.25, -0.2) is 5.43 Å². The maximum atomic E-state index is 11.9. The van der Waals surface area contributed by atoms with Gasteiger partial charge in [0.15, 0.2) is 11.5 Å². The number of aromatic amines is 1. The Hall–Kier alpha value is -3.09. The molecule has 0 saturated heterocycles. The van der Waals surface area contributed by atoms with Gasteiger partial charge in [-0.15, -0.1) is 0 Å².